The first-order chi connectivity index (χ1) is 5.95. The third-order valence-electron chi connectivity index (χ3n) is 2.86. The van der Waals surface area contributed by atoms with Crippen LogP contribution in [0.3, 0.4) is 0 Å². The minimum absolute atomic E-state index is 0.156. The maximum absolute atomic E-state index is 11.3. The zero-order valence-electron chi connectivity index (χ0n) is 8.99. The first-order valence-corrected chi connectivity index (χ1v) is 4.53. The molecule has 0 spiro atoms. The number of ketones is 1. The standard InChI is InChI=1S/C12H16O/c1-7-6-12(11(5)13)10(4)9(3)8(7)2/h6H,1-5H3. The second-order valence-corrected chi connectivity index (χ2v) is 3.67. The zero-order valence-corrected chi connectivity index (χ0v) is 8.99. The molecule has 0 saturated heterocycles. The fourth-order valence-corrected chi connectivity index (χ4v) is 1.58. The largest absolute Gasteiger partial charge is 0.295 e. The van der Waals surface area contributed by atoms with Crippen molar-refractivity contribution < 1.29 is 4.79 Å². The molecule has 0 saturated carbocycles. The molecule has 70 valence electrons. The van der Waals surface area contributed by atoms with Crippen molar-refractivity contribution in [2.75, 3.05) is 0 Å². The van der Waals surface area contributed by atoms with Gasteiger partial charge in [0.1, 0.15) is 0 Å². The van der Waals surface area contributed by atoms with Gasteiger partial charge >= 0.3 is 0 Å². The van der Waals surface area contributed by atoms with Crippen LogP contribution < -0.4 is 0 Å². The van der Waals surface area contributed by atoms with Gasteiger partial charge in [0.25, 0.3) is 0 Å². The Bertz CT molecular complexity index is 362. The molecule has 1 rings (SSSR count). The van der Waals surface area contributed by atoms with Gasteiger partial charge in [-0.2, -0.15) is 0 Å². The van der Waals surface area contributed by atoms with E-state index in [1.54, 1.807) is 6.92 Å². The predicted octanol–water partition coefficient (Wildman–Crippen LogP) is 3.12. The molecule has 0 aliphatic rings. The van der Waals surface area contributed by atoms with Gasteiger partial charge in [0.15, 0.2) is 5.78 Å². The highest BCUT2D eigenvalue weighted by Crippen LogP contribution is 2.21. The molecule has 0 unspecified atom stereocenters. The molecule has 13 heavy (non-hydrogen) atoms. The Balaban J connectivity index is 3.50. The molecule has 0 bridgehead atoms. The molecule has 1 nitrogen and oxygen atoms in total. The summed E-state index contributed by atoms with van der Waals surface area (Å²) < 4.78 is 0. The average Bonchev–Trinajstić information content (AvgIpc) is 2.07. The Morgan fingerprint density at radius 3 is 2.00 bits per heavy atom. The number of hydrogen-bond acceptors (Lipinski definition) is 1. The van der Waals surface area contributed by atoms with Crippen LogP contribution >= 0.6 is 0 Å². The van der Waals surface area contributed by atoms with E-state index in [2.05, 4.69) is 13.8 Å². The molecular formula is C12H16O. The van der Waals surface area contributed by atoms with Gasteiger partial charge in [0, 0.05) is 5.56 Å². The van der Waals surface area contributed by atoms with E-state index in [9.17, 15) is 4.79 Å². The lowest BCUT2D eigenvalue weighted by atomic mass is 9.93. The molecular weight excluding hydrogens is 160 g/mol. The van der Waals surface area contributed by atoms with E-state index in [1.165, 1.54) is 16.7 Å². The monoisotopic (exact) mass is 176 g/mol. The third-order valence-corrected chi connectivity index (χ3v) is 2.86. The predicted molar refractivity (Wildman–Crippen MR) is 55.4 cm³/mol. The van der Waals surface area contributed by atoms with Crippen molar-refractivity contribution in [3.63, 3.8) is 0 Å². The summed E-state index contributed by atoms with van der Waals surface area (Å²) in [5.41, 5.74) is 5.72. The highest BCUT2D eigenvalue weighted by atomic mass is 16.1. The minimum Gasteiger partial charge on any atom is -0.295 e. The van der Waals surface area contributed by atoms with E-state index in [0.29, 0.717) is 0 Å². The third kappa shape index (κ3) is 1.64. The smallest absolute Gasteiger partial charge is 0.160 e. The van der Waals surface area contributed by atoms with Crippen LogP contribution in [-0.2, 0) is 0 Å². The van der Waals surface area contributed by atoms with E-state index >= 15 is 0 Å². The van der Waals surface area contributed by atoms with Gasteiger partial charge in [-0.25, -0.2) is 0 Å². The van der Waals surface area contributed by atoms with E-state index in [0.717, 1.165) is 11.1 Å². The Kier molecular flexibility index (Phi) is 2.55. The molecule has 0 aliphatic carbocycles. The average molecular weight is 176 g/mol. The summed E-state index contributed by atoms with van der Waals surface area (Å²) in [6.45, 7) is 9.86. The maximum Gasteiger partial charge on any atom is 0.160 e. The first-order valence-electron chi connectivity index (χ1n) is 4.53. The van der Waals surface area contributed by atoms with Crippen molar-refractivity contribution in [2.24, 2.45) is 0 Å². The molecule has 1 aromatic carbocycles. The van der Waals surface area contributed by atoms with Crippen molar-refractivity contribution >= 4 is 5.78 Å². The van der Waals surface area contributed by atoms with Crippen LogP contribution in [0.4, 0.5) is 0 Å². The van der Waals surface area contributed by atoms with Crippen molar-refractivity contribution in [1.29, 1.82) is 0 Å². The highest BCUT2D eigenvalue weighted by Gasteiger charge is 2.09. The van der Waals surface area contributed by atoms with Crippen LogP contribution in [0.2, 0.25) is 0 Å². The molecule has 0 amide bonds. The van der Waals surface area contributed by atoms with Gasteiger partial charge in [0.05, 0.1) is 0 Å². The summed E-state index contributed by atoms with van der Waals surface area (Å²) in [6.07, 6.45) is 0. The molecule has 0 radical (unpaired) electrons. The Labute approximate surface area is 79.8 Å². The Morgan fingerprint density at radius 2 is 1.54 bits per heavy atom. The molecule has 0 N–H and O–H groups in total. The van der Waals surface area contributed by atoms with Crippen LogP contribution in [0.5, 0.6) is 0 Å². The van der Waals surface area contributed by atoms with Gasteiger partial charge in [-0.05, 0) is 62.9 Å². The van der Waals surface area contributed by atoms with Gasteiger partial charge in [-0.15, -0.1) is 0 Å². The van der Waals surface area contributed by atoms with Crippen LogP contribution in [0.15, 0.2) is 6.07 Å². The summed E-state index contributed by atoms with van der Waals surface area (Å²) >= 11 is 0. The summed E-state index contributed by atoms with van der Waals surface area (Å²) in [5, 5.41) is 0. The maximum atomic E-state index is 11.3. The van der Waals surface area contributed by atoms with Gasteiger partial charge in [-0.3, -0.25) is 4.79 Å². The highest BCUT2D eigenvalue weighted by molar-refractivity contribution is 5.96. The molecule has 0 fully saturated rings. The Morgan fingerprint density at radius 1 is 1.00 bits per heavy atom. The summed E-state index contributed by atoms with van der Waals surface area (Å²) in [7, 11) is 0. The molecule has 0 atom stereocenters. The topological polar surface area (TPSA) is 17.1 Å². The fourth-order valence-electron chi connectivity index (χ4n) is 1.58. The minimum atomic E-state index is 0.156. The second-order valence-electron chi connectivity index (χ2n) is 3.67. The normalized spacial score (nSPS) is 10.2. The number of hydrogen-bond donors (Lipinski definition) is 0. The van der Waals surface area contributed by atoms with Crippen LogP contribution in [0, 0.1) is 27.7 Å². The van der Waals surface area contributed by atoms with Gasteiger partial charge in [-0.1, -0.05) is 0 Å². The van der Waals surface area contributed by atoms with E-state index in [-0.39, 0.29) is 5.78 Å². The first kappa shape index (κ1) is 9.97. The van der Waals surface area contributed by atoms with Crippen LogP contribution in [-0.4, -0.2) is 5.78 Å². The molecule has 1 aromatic rings. The van der Waals surface area contributed by atoms with Gasteiger partial charge in [0.2, 0.25) is 0 Å². The van der Waals surface area contributed by atoms with E-state index < -0.39 is 0 Å². The van der Waals surface area contributed by atoms with Crippen LogP contribution in [0.25, 0.3) is 0 Å². The van der Waals surface area contributed by atoms with Crippen molar-refractivity contribution in [3.8, 4) is 0 Å². The Hall–Kier alpha value is -1.11. The molecule has 0 heterocycles. The molecule has 0 aromatic heterocycles. The van der Waals surface area contributed by atoms with Gasteiger partial charge < -0.3 is 0 Å². The number of Topliss-reactive ketones (excluding diaryl/α,β-unsaturated/α-hetero) is 1. The lowest BCUT2D eigenvalue weighted by molar-refractivity contribution is 0.101. The number of carbonyl (C=O) groups excluding carboxylic acids is 1. The summed E-state index contributed by atoms with van der Waals surface area (Å²) in [5.74, 6) is 0.156. The number of aryl methyl sites for hydroxylation is 1. The number of benzene rings is 1. The van der Waals surface area contributed by atoms with Crippen molar-refractivity contribution in [3.05, 3.63) is 33.9 Å². The summed E-state index contributed by atoms with van der Waals surface area (Å²) in [4.78, 5) is 11.3. The van der Waals surface area contributed by atoms with E-state index in [4.69, 9.17) is 0 Å². The quantitative estimate of drug-likeness (QED) is 0.601. The molecule has 1 heteroatoms. The SMILES string of the molecule is CC(=O)c1cc(C)c(C)c(C)c1C. The van der Waals surface area contributed by atoms with E-state index in [1.807, 2.05) is 19.9 Å². The lowest BCUT2D eigenvalue weighted by Crippen LogP contribution is -2.01. The number of rotatable bonds is 1. The fraction of sp³-hybridized carbons (Fsp3) is 0.417. The van der Waals surface area contributed by atoms with Crippen LogP contribution in [0.1, 0.15) is 39.5 Å². The zero-order chi connectivity index (χ0) is 10.2. The number of carbonyl (C=O) groups is 1. The van der Waals surface area contributed by atoms with Crippen molar-refractivity contribution in [1.82, 2.24) is 0 Å². The van der Waals surface area contributed by atoms with Crippen molar-refractivity contribution in [2.45, 2.75) is 34.6 Å². The molecule has 0 aliphatic heterocycles. The second kappa shape index (κ2) is 3.33. The lowest BCUT2D eigenvalue weighted by Gasteiger charge is -2.11. The summed E-state index contributed by atoms with van der Waals surface area (Å²) in [6, 6.07) is 1.99.